The van der Waals surface area contributed by atoms with E-state index in [2.05, 4.69) is 33.0 Å². The maximum absolute atomic E-state index is 12.2. The van der Waals surface area contributed by atoms with Crippen LogP contribution >= 0.6 is 0 Å². The van der Waals surface area contributed by atoms with Crippen LogP contribution in [0, 0.1) is 0 Å². The van der Waals surface area contributed by atoms with Crippen LogP contribution in [0.2, 0.25) is 0 Å². The van der Waals surface area contributed by atoms with E-state index in [0.29, 0.717) is 6.04 Å². The molecule has 0 spiro atoms. The highest BCUT2D eigenvalue weighted by molar-refractivity contribution is 5.86. The van der Waals surface area contributed by atoms with E-state index < -0.39 is 5.54 Å². The SMILES string of the molecule is CCC(C)N1CC(C)(C)NC(C)(C)C1=O. The summed E-state index contributed by atoms with van der Waals surface area (Å²) < 4.78 is 0. The molecule has 1 heterocycles. The predicted octanol–water partition coefficient (Wildman–Crippen LogP) is 1.77. The molecule has 0 aliphatic carbocycles. The number of piperazine rings is 1. The standard InChI is InChI=1S/C12H24N2O/c1-7-9(2)14-8-11(3,4)13-12(5,6)10(14)15/h9,13H,7-8H2,1-6H3. The molecule has 0 aromatic heterocycles. The maximum atomic E-state index is 12.2. The summed E-state index contributed by atoms with van der Waals surface area (Å²) in [4.78, 5) is 14.2. The van der Waals surface area contributed by atoms with Crippen molar-refractivity contribution in [3.63, 3.8) is 0 Å². The van der Waals surface area contributed by atoms with E-state index in [1.165, 1.54) is 0 Å². The first kappa shape index (κ1) is 12.5. The first-order chi connectivity index (χ1) is 6.69. The summed E-state index contributed by atoms with van der Waals surface area (Å²) in [6.07, 6.45) is 1.01. The summed E-state index contributed by atoms with van der Waals surface area (Å²) in [5.41, 5.74) is -0.438. The zero-order valence-electron chi connectivity index (χ0n) is 10.8. The number of rotatable bonds is 2. The second-order valence-electron chi connectivity index (χ2n) is 5.82. The minimum Gasteiger partial charge on any atom is -0.337 e. The molecule has 3 heteroatoms. The van der Waals surface area contributed by atoms with Gasteiger partial charge in [-0.2, -0.15) is 0 Å². The van der Waals surface area contributed by atoms with Crippen molar-refractivity contribution in [3.05, 3.63) is 0 Å². The predicted molar refractivity (Wildman–Crippen MR) is 62.8 cm³/mol. The number of nitrogens with zero attached hydrogens (tertiary/aromatic N) is 1. The molecule has 1 saturated heterocycles. The Kier molecular flexibility index (Phi) is 3.15. The molecule has 1 N–H and O–H groups in total. The van der Waals surface area contributed by atoms with E-state index in [0.717, 1.165) is 13.0 Å². The fourth-order valence-corrected chi connectivity index (χ4v) is 2.37. The normalized spacial score (nSPS) is 26.5. The van der Waals surface area contributed by atoms with Crippen molar-refractivity contribution >= 4 is 5.91 Å². The van der Waals surface area contributed by atoms with Crippen LogP contribution in [-0.2, 0) is 4.79 Å². The van der Waals surface area contributed by atoms with Crippen molar-refractivity contribution in [2.45, 2.75) is 65.1 Å². The second-order valence-corrected chi connectivity index (χ2v) is 5.82. The third kappa shape index (κ3) is 2.51. The maximum Gasteiger partial charge on any atom is 0.242 e. The first-order valence-corrected chi connectivity index (χ1v) is 5.80. The van der Waals surface area contributed by atoms with Gasteiger partial charge >= 0.3 is 0 Å². The summed E-state index contributed by atoms with van der Waals surface area (Å²) >= 11 is 0. The molecule has 0 saturated carbocycles. The van der Waals surface area contributed by atoms with Crippen molar-refractivity contribution in [1.82, 2.24) is 10.2 Å². The average molecular weight is 212 g/mol. The molecule has 0 aromatic carbocycles. The molecular weight excluding hydrogens is 188 g/mol. The minimum atomic E-state index is -0.439. The fraction of sp³-hybridized carbons (Fsp3) is 0.917. The molecular formula is C12H24N2O. The third-order valence-corrected chi connectivity index (χ3v) is 3.13. The number of nitrogens with one attached hydrogen (secondary N) is 1. The van der Waals surface area contributed by atoms with Gasteiger partial charge in [0.25, 0.3) is 0 Å². The Morgan fingerprint density at radius 1 is 1.40 bits per heavy atom. The average Bonchev–Trinajstić information content (AvgIpc) is 2.08. The van der Waals surface area contributed by atoms with Crippen LogP contribution in [0.5, 0.6) is 0 Å². The Balaban J connectivity index is 2.93. The first-order valence-electron chi connectivity index (χ1n) is 5.80. The Bertz CT molecular complexity index is 258. The second kappa shape index (κ2) is 3.78. The summed E-state index contributed by atoms with van der Waals surface area (Å²) in [6, 6.07) is 0.332. The highest BCUT2D eigenvalue weighted by atomic mass is 16.2. The van der Waals surface area contributed by atoms with Crippen molar-refractivity contribution in [3.8, 4) is 0 Å². The number of carbonyl (C=O) groups is 1. The van der Waals surface area contributed by atoms with Gasteiger partial charge in [-0.15, -0.1) is 0 Å². The van der Waals surface area contributed by atoms with Gasteiger partial charge in [-0.3, -0.25) is 10.1 Å². The number of amides is 1. The molecule has 1 aliphatic rings. The molecule has 1 fully saturated rings. The molecule has 15 heavy (non-hydrogen) atoms. The van der Waals surface area contributed by atoms with E-state index in [4.69, 9.17) is 0 Å². The van der Waals surface area contributed by atoms with Crippen molar-refractivity contribution in [1.29, 1.82) is 0 Å². The zero-order valence-corrected chi connectivity index (χ0v) is 10.8. The van der Waals surface area contributed by atoms with Crippen LogP contribution in [0.1, 0.15) is 48.0 Å². The molecule has 1 rings (SSSR count). The van der Waals surface area contributed by atoms with E-state index >= 15 is 0 Å². The van der Waals surface area contributed by atoms with Crippen molar-refractivity contribution in [2.75, 3.05) is 6.54 Å². The van der Waals surface area contributed by atoms with Crippen molar-refractivity contribution < 1.29 is 4.79 Å². The molecule has 0 radical (unpaired) electrons. The molecule has 1 amide bonds. The molecule has 1 unspecified atom stereocenters. The number of hydrogen-bond donors (Lipinski definition) is 1. The lowest BCUT2D eigenvalue weighted by molar-refractivity contribution is -0.146. The topological polar surface area (TPSA) is 32.3 Å². The lowest BCUT2D eigenvalue weighted by Gasteiger charge is -2.49. The lowest BCUT2D eigenvalue weighted by atomic mass is 9.89. The Morgan fingerprint density at radius 2 is 1.93 bits per heavy atom. The summed E-state index contributed by atoms with van der Waals surface area (Å²) in [6.45, 7) is 13.3. The van der Waals surface area contributed by atoms with Gasteiger partial charge in [0.1, 0.15) is 0 Å². The van der Waals surface area contributed by atoms with Gasteiger partial charge in [-0.05, 0) is 41.0 Å². The van der Waals surface area contributed by atoms with Crippen LogP contribution in [0.15, 0.2) is 0 Å². The summed E-state index contributed by atoms with van der Waals surface area (Å²) in [5.74, 6) is 0.219. The lowest BCUT2D eigenvalue weighted by Crippen LogP contribution is -2.70. The Labute approximate surface area is 93.2 Å². The van der Waals surface area contributed by atoms with Crippen LogP contribution < -0.4 is 5.32 Å². The molecule has 3 nitrogen and oxygen atoms in total. The minimum absolute atomic E-state index is 0.000833. The van der Waals surface area contributed by atoms with E-state index in [-0.39, 0.29) is 11.4 Å². The molecule has 1 aliphatic heterocycles. The number of hydrogen-bond acceptors (Lipinski definition) is 2. The molecule has 0 bridgehead atoms. The highest BCUT2D eigenvalue weighted by Gasteiger charge is 2.44. The zero-order chi connectivity index (χ0) is 11.9. The molecule has 88 valence electrons. The van der Waals surface area contributed by atoms with Crippen LogP contribution in [0.25, 0.3) is 0 Å². The van der Waals surface area contributed by atoms with Gasteiger partial charge in [0, 0.05) is 18.1 Å². The number of carbonyl (C=O) groups excluding carboxylic acids is 1. The molecule has 0 aromatic rings. The highest BCUT2D eigenvalue weighted by Crippen LogP contribution is 2.24. The van der Waals surface area contributed by atoms with Crippen LogP contribution in [-0.4, -0.2) is 34.5 Å². The fourth-order valence-electron chi connectivity index (χ4n) is 2.37. The van der Waals surface area contributed by atoms with Crippen molar-refractivity contribution in [2.24, 2.45) is 0 Å². The Hall–Kier alpha value is -0.570. The quantitative estimate of drug-likeness (QED) is 0.756. The molecule has 1 atom stereocenters. The van der Waals surface area contributed by atoms with Gasteiger partial charge in [-0.1, -0.05) is 6.92 Å². The summed E-state index contributed by atoms with van der Waals surface area (Å²) in [5, 5.41) is 3.40. The van der Waals surface area contributed by atoms with Gasteiger partial charge in [-0.25, -0.2) is 0 Å². The van der Waals surface area contributed by atoms with Gasteiger partial charge in [0.2, 0.25) is 5.91 Å². The Morgan fingerprint density at radius 3 is 2.40 bits per heavy atom. The smallest absolute Gasteiger partial charge is 0.242 e. The van der Waals surface area contributed by atoms with Gasteiger partial charge in [0.15, 0.2) is 0 Å². The van der Waals surface area contributed by atoms with E-state index in [1.54, 1.807) is 0 Å². The van der Waals surface area contributed by atoms with E-state index in [1.807, 2.05) is 18.7 Å². The summed E-state index contributed by atoms with van der Waals surface area (Å²) in [7, 11) is 0. The van der Waals surface area contributed by atoms with Crippen LogP contribution in [0.4, 0.5) is 0 Å². The van der Waals surface area contributed by atoms with Gasteiger partial charge < -0.3 is 4.90 Å². The van der Waals surface area contributed by atoms with Gasteiger partial charge in [0.05, 0.1) is 5.54 Å². The third-order valence-electron chi connectivity index (χ3n) is 3.13. The van der Waals surface area contributed by atoms with Crippen LogP contribution in [0.3, 0.4) is 0 Å². The largest absolute Gasteiger partial charge is 0.337 e. The monoisotopic (exact) mass is 212 g/mol. The van der Waals surface area contributed by atoms with E-state index in [9.17, 15) is 4.79 Å².